The van der Waals surface area contributed by atoms with E-state index in [1.165, 1.54) is 0 Å². The van der Waals surface area contributed by atoms with Gasteiger partial charge in [-0.1, -0.05) is 60.5 Å². The maximum absolute atomic E-state index is 11.8. The molecule has 0 aliphatic rings. The molecule has 1 amide bonds. The summed E-state index contributed by atoms with van der Waals surface area (Å²) < 4.78 is 0. The van der Waals surface area contributed by atoms with Crippen molar-refractivity contribution in [2.75, 3.05) is 6.54 Å². The fraction of sp³-hybridized carbons (Fsp3) is 0.824. The van der Waals surface area contributed by atoms with Crippen molar-refractivity contribution in [3.05, 3.63) is 12.7 Å². The first-order valence-corrected chi connectivity index (χ1v) is 8.01. The molecule has 0 heterocycles. The van der Waals surface area contributed by atoms with Crippen LogP contribution in [0.5, 0.6) is 0 Å². The van der Waals surface area contributed by atoms with Crippen LogP contribution < -0.4 is 11.1 Å². The van der Waals surface area contributed by atoms with E-state index in [0.29, 0.717) is 12.5 Å². The van der Waals surface area contributed by atoms with Crippen LogP contribution in [0.4, 0.5) is 0 Å². The fourth-order valence-corrected chi connectivity index (χ4v) is 1.33. The number of amides is 1. The summed E-state index contributed by atoms with van der Waals surface area (Å²) in [7, 11) is 0. The Morgan fingerprint density at radius 2 is 1.75 bits per heavy atom. The highest BCUT2D eigenvalue weighted by Crippen LogP contribution is 2.10. The van der Waals surface area contributed by atoms with Gasteiger partial charge >= 0.3 is 0 Å². The lowest BCUT2D eigenvalue weighted by molar-refractivity contribution is -0.126. The second-order valence-corrected chi connectivity index (χ2v) is 5.02. The van der Waals surface area contributed by atoms with Crippen LogP contribution in [-0.2, 0) is 4.79 Å². The third-order valence-electron chi connectivity index (χ3n) is 2.95. The second-order valence-electron chi connectivity index (χ2n) is 5.02. The van der Waals surface area contributed by atoms with E-state index in [9.17, 15) is 4.79 Å². The number of carbonyl (C=O) groups excluding carboxylic acids is 1. The second kappa shape index (κ2) is 18.2. The van der Waals surface area contributed by atoms with Crippen molar-refractivity contribution in [1.82, 2.24) is 5.32 Å². The van der Waals surface area contributed by atoms with Crippen LogP contribution in [0.1, 0.15) is 67.7 Å². The summed E-state index contributed by atoms with van der Waals surface area (Å²) >= 11 is 0. The molecule has 0 rings (SSSR count). The lowest BCUT2D eigenvalue weighted by atomic mass is 9.96. The molecule has 0 aromatic rings. The number of unbranched alkanes of at least 4 members (excludes halogenated alkanes) is 1. The van der Waals surface area contributed by atoms with Gasteiger partial charge in [0.2, 0.25) is 5.91 Å². The van der Waals surface area contributed by atoms with Crippen molar-refractivity contribution < 1.29 is 4.79 Å². The zero-order chi connectivity index (χ0) is 16.6. The van der Waals surface area contributed by atoms with E-state index in [-0.39, 0.29) is 17.9 Å². The van der Waals surface area contributed by atoms with E-state index in [2.05, 4.69) is 32.7 Å². The Hall–Kier alpha value is -0.830. The van der Waals surface area contributed by atoms with Gasteiger partial charge in [-0.3, -0.25) is 4.79 Å². The third-order valence-corrected chi connectivity index (χ3v) is 2.95. The Morgan fingerprint density at radius 3 is 2.05 bits per heavy atom. The number of carbonyl (C=O) groups is 1. The monoisotopic (exact) mass is 286 g/mol. The molecule has 0 aromatic carbocycles. The van der Waals surface area contributed by atoms with Crippen molar-refractivity contribution in [2.45, 2.75) is 73.8 Å². The van der Waals surface area contributed by atoms with Crippen molar-refractivity contribution in [1.29, 1.82) is 0 Å². The summed E-state index contributed by atoms with van der Waals surface area (Å²) in [5, 5.41) is 3.02. The largest absolute Gasteiger partial charge is 0.352 e. The third kappa shape index (κ3) is 15.2. The Balaban J connectivity index is -0.000000505. The zero-order valence-electron chi connectivity index (χ0n) is 14.8. The number of nitrogens with one attached hydrogen (secondary N) is 1. The Labute approximate surface area is 127 Å². The first kappa shape index (κ1) is 24.2. The van der Waals surface area contributed by atoms with Crippen LogP contribution >= 0.6 is 0 Å². The molecule has 1 unspecified atom stereocenters. The SMILES string of the molecule is C=CC.CC.CCCC[C@@H](CN)NC(=O)C(C)C(C)C. The summed E-state index contributed by atoms with van der Waals surface area (Å²) in [5.41, 5.74) is 5.62. The Morgan fingerprint density at radius 1 is 1.30 bits per heavy atom. The van der Waals surface area contributed by atoms with Gasteiger partial charge in [0.05, 0.1) is 0 Å². The minimum atomic E-state index is 0.0701. The normalized spacial score (nSPS) is 12.2. The average molecular weight is 287 g/mol. The van der Waals surface area contributed by atoms with Gasteiger partial charge in [-0.2, -0.15) is 0 Å². The molecule has 122 valence electrons. The molecule has 2 atom stereocenters. The van der Waals surface area contributed by atoms with E-state index in [0.717, 1.165) is 19.3 Å². The summed E-state index contributed by atoms with van der Waals surface area (Å²) in [6.07, 6.45) is 5.01. The highest BCUT2D eigenvalue weighted by molar-refractivity contribution is 5.78. The zero-order valence-corrected chi connectivity index (χ0v) is 14.8. The quantitative estimate of drug-likeness (QED) is 0.691. The van der Waals surface area contributed by atoms with E-state index >= 15 is 0 Å². The van der Waals surface area contributed by atoms with Crippen LogP contribution in [0.25, 0.3) is 0 Å². The smallest absolute Gasteiger partial charge is 0.223 e. The highest BCUT2D eigenvalue weighted by atomic mass is 16.1. The molecule has 0 spiro atoms. The highest BCUT2D eigenvalue weighted by Gasteiger charge is 2.18. The number of hydrogen-bond acceptors (Lipinski definition) is 2. The molecule has 3 heteroatoms. The Bertz CT molecular complexity index is 215. The van der Waals surface area contributed by atoms with Crippen molar-refractivity contribution in [2.24, 2.45) is 17.6 Å². The van der Waals surface area contributed by atoms with Gasteiger partial charge in [0.15, 0.2) is 0 Å². The maximum Gasteiger partial charge on any atom is 0.223 e. The molecule has 0 saturated carbocycles. The molecule has 20 heavy (non-hydrogen) atoms. The van der Waals surface area contributed by atoms with E-state index in [1.54, 1.807) is 6.08 Å². The van der Waals surface area contributed by atoms with Crippen molar-refractivity contribution in [3.8, 4) is 0 Å². The molecule has 0 bridgehead atoms. The van der Waals surface area contributed by atoms with Gasteiger partial charge in [-0.25, -0.2) is 0 Å². The molecule has 0 aromatic heterocycles. The van der Waals surface area contributed by atoms with Gasteiger partial charge < -0.3 is 11.1 Å². The Kier molecular flexibility index (Phi) is 22.0. The van der Waals surface area contributed by atoms with Gasteiger partial charge in [0.1, 0.15) is 0 Å². The molecular formula is C17H38N2O. The van der Waals surface area contributed by atoms with Gasteiger partial charge in [-0.15, -0.1) is 6.58 Å². The summed E-state index contributed by atoms with van der Waals surface area (Å²) in [6, 6.07) is 0.152. The average Bonchev–Trinajstić information content (AvgIpc) is 2.45. The van der Waals surface area contributed by atoms with E-state index in [1.807, 2.05) is 27.7 Å². The minimum absolute atomic E-state index is 0.0701. The minimum Gasteiger partial charge on any atom is -0.352 e. The number of allylic oxidation sites excluding steroid dienone is 1. The van der Waals surface area contributed by atoms with Crippen LogP contribution in [0.2, 0.25) is 0 Å². The fourth-order valence-electron chi connectivity index (χ4n) is 1.33. The first-order chi connectivity index (χ1) is 9.44. The van der Waals surface area contributed by atoms with Crippen molar-refractivity contribution in [3.63, 3.8) is 0 Å². The van der Waals surface area contributed by atoms with Gasteiger partial charge in [0, 0.05) is 18.5 Å². The molecule has 0 aliphatic heterocycles. The molecule has 0 saturated heterocycles. The number of rotatable bonds is 7. The lowest BCUT2D eigenvalue weighted by Gasteiger charge is -2.21. The van der Waals surface area contributed by atoms with Crippen LogP contribution in [0.3, 0.4) is 0 Å². The van der Waals surface area contributed by atoms with Crippen LogP contribution in [0.15, 0.2) is 12.7 Å². The van der Waals surface area contributed by atoms with Crippen LogP contribution in [0, 0.1) is 11.8 Å². The van der Waals surface area contributed by atoms with Crippen molar-refractivity contribution >= 4 is 5.91 Å². The maximum atomic E-state index is 11.8. The summed E-state index contributed by atoms with van der Waals surface area (Å²) in [4.78, 5) is 11.8. The molecule has 0 fully saturated rings. The summed E-state index contributed by atoms with van der Waals surface area (Å²) in [5.74, 6) is 0.590. The molecule has 3 nitrogen and oxygen atoms in total. The van der Waals surface area contributed by atoms with E-state index < -0.39 is 0 Å². The predicted molar refractivity (Wildman–Crippen MR) is 91.7 cm³/mol. The van der Waals surface area contributed by atoms with Gasteiger partial charge in [0.25, 0.3) is 0 Å². The number of nitrogens with two attached hydrogens (primary N) is 1. The standard InChI is InChI=1S/C12H26N2O.C3H6.C2H6/c1-5-6-7-11(8-13)14-12(15)10(4)9(2)3;1-3-2;1-2/h9-11H,5-8,13H2,1-4H3,(H,14,15);3H,1H2,2H3;1-2H3/t10?,11-;;/m0../s1. The van der Waals surface area contributed by atoms with E-state index in [4.69, 9.17) is 5.73 Å². The molecule has 0 radical (unpaired) electrons. The number of hydrogen-bond donors (Lipinski definition) is 2. The summed E-state index contributed by atoms with van der Waals surface area (Å²) in [6.45, 7) is 18.0. The predicted octanol–water partition coefficient (Wildman–Crippen LogP) is 4.13. The van der Waals surface area contributed by atoms with Crippen LogP contribution in [-0.4, -0.2) is 18.5 Å². The lowest BCUT2D eigenvalue weighted by Crippen LogP contribution is -2.43. The molecule has 0 aliphatic carbocycles. The molecule has 3 N–H and O–H groups in total. The topological polar surface area (TPSA) is 55.1 Å². The first-order valence-electron chi connectivity index (χ1n) is 8.01. The van der Waals surface area contributed by atoms with Gasteiger partial charge in [-0.05, 0) is 19.3 Å². The molecular weight excluding hydrogens is 248 g/mol.